The third-order valence-electron chi connectivity index (χ3n) is 3.65. The molecule has 0 aliphatic carbocycles. The van der Waals surface area contributed by atoms with Crippen LogP contribution in [0.1, 0.15) is 5.69 Å². The summed E-state index contributed by atoms with van der Waals surface area (Å²) in [6.45, 7) is 0.496. The number of aromatic nitrogens is 4. The summed E-state index contributed by atoms with van der Waals surface area (Å²) in [5.74, 6) is 2.50. The minimum atomic E-state index is 0.387. The summed E-state index contributed by atoms with van der Waals surface area (Å²) in [7, 11) is 4.68. The van der Waals surface area contributed by atoms with Crippen molar-refractivity contribution in [3.05, 3.63) is 48.4 Å². The molecule has 2 N–H and O–H groups in total. The molecule has 0 unspecified atom stereocenters. The summed E-state index contributed by atoms with van der Waals surface area (Å²) in [6.07, 6.45) is 3.26. The molecule has 0 fully saturated rings. The first kappa shape index (κ1) is 18.2. The van der Waals surface area contributed by atoms with E-state index in [0.29, 0.717) is 41.2 Å². The molecule has 0 bridgehead atoms. The molecule has 0 saturated heterocycles. The Bertz CT molecular complexity index is 866. The van der Waals surface area contributed by atoms with Gasteiger partial charge in [0, 0.05) is 24.0 Å². The van der Waals surface area contributed by atoms with E-state index in [9.17, 15) is 0 Å². The fourth-order valence-electron chi connectivity index (χ4n) is 2.41. The van der Waals surface area contributed by atoms with Crippen LogP contribution in [0.5, 0.6) is 17.2 Å². The van der Waals surface area contributed by atoms with Crippen molar-refractivity contribution in [2.24, 2.45) is 0 Å². The Kier molecular flexibility index (Phi) is 5.83. The number of methoxy groups -OCH3 is 3. The number of anilines is 3. The van der Waals surface area contributed by atoms with Crippen molar-refractivity contribution in [2.45, 2.75) is 6.54 Å². The van der Waals surface area contributed by atoms with Crippen molar-refractivity contribution in [1.82, 2.24) is 20.2 Å². The third kappa shape index (κ3) is 4.51. The van der Waals surface area contributed by atoms with E-state index in [1.54, 1.807) is 39.7 Å². The van der Waals surface area contributed by atoms with Crippen LogP contribution in [0.2, 0.25) is 0 Å². The lowest BCUT2D eigenvalue weighted by Gasteiger charge is -2.15. The van der Waals surface area contributed by atoms with Crippen LogP contribution in [-0.2, 0) is 6.54 Å². The summed E-state index contributed by atoms with van der Waals surface area (Å²) in [5, 5.41) is 14.2. The van der Waals surface area contributed by atoms with Gasteiger partial charge >= 0.3 is 0 Å². The van der Waals surface area contributed by atoms with Gasteiger partial charge in [-0.05, 0) is 12.1 Å². The normalized spacial score (nSPS) is 10.2. The van der Waals surface area contributed by atoms with Gasteiger partial charge in [0.05, 0.1) is 39.8 Å². The van der Waals surface area contributed by atoms with Crippen LogP contribution >= 0.6 is 0 Å². The first-order chi connectivity index (χ1) is 13.2. The predicted octanol–water partition coefficient (Wildman–Crippen LogP) is 2.65. The van der Waals surface area contributed by atoms with E-state index >= 15 is 0 Å². The SMILES string of the molecule is COc1cc(Nc2cnnc(NCc3ccccn3)n2)cc(OC)c1OC. The van der Waals surface area contributed by atoms with Crippen LogP contribution in [0, 0.1) is 0 Å². The number of hydrogen-bond donors (Lipinski definition) is 2. The smallest absolute Gasteiger partial charge is 0.245 e. The van der Waals surface area contributed by atoms with Gasteiger partial charge in [0.2, 0.25) is 11.7 Å². The second kappa shape index (κ2) is 8.65. The Hall–Kier alpha value is -3.62. The number of hydrogen-bond acceptors (Lipinski definition) is 9. The molecular formula is C18H20N6O3. The van der Waals surface area contributed by atoms with Gasteiger partial charge in [-0.25, -0.2) is 0 Å². The van der Waals surface area contributed by atoms with Gasteiger partial charge in [-0.1, -0.05) is 6.07 Å². The molecule has 1 aromatic carbocycles. The van der Waals surface area contributed by atoms with Crippen molar-refractivity contribution in [2.75, 3.05) is 32.0 Å². The number of nitrogens with zero attached hydrogens (tertiary/aromatic N) is 4. The first-order valence-electron chi connectivity index (χ1n) is 8.14. The summed E-state index contributed by atoms with van der Waals surface area (Å²) in [6, 6.07) is 9.27. The highest BCUT2D eigenvalue weighted by Crippen LogP contribution is 2.40. The summed E-state index contributed by atoms with van der Waals surface area (Å²) >= 11 is 0. The molecule has 0 saturated carbocycles. The van der Waals surface area contributed by atoms with Crippen molar-refractivity contribution in [1.29, 1.82) is 0 Å². The van der Waals surface area contributed by atoms with Crippen LogP contribution in [0.25, 0.3) is 0 Å². The average Bonchev–Trinajstić information content (AvgIpc) is 2.72. The molecule has 0 aliphatic heterocycles. The number of benzene rings is 1. The molecule has 0 radical (unpaired) electrons. The molecule has 9 nitrogen and oxygen atoms in total. The maximum Gasteiger partial charge on any atom is 0.245 e. The maximum absolute atomic E-state index is 5.36. The summed E-state index contributed by atoms with van der Waals surface area (Å²) in [5.41, 5.74) is 1.59. The highest BCUT2D eigenvalue weighted by Gasteiger charge is 2.13. The molecule has 0 amide bonds. The minimum absolute atomic E-state index is 0.387. The highest BCUT2D eigenvalue weighted by molar-refractivity contribution is 5.66. The van der Waals surface area contributed by atoms with Crippen LogP contribution in [-0.4, -0.2) is 41.5 Å². The first-order valence-corrected chi connectivity index (χ1v) is 8.14. The Labute approximate surface area is 156 Å². The van der Waals surface area contributed by atoms with Gasteiger partial charge in [0.15, 0.2) is 17.3 Å². The quantitative estimate of drug-likeness (QED) is 0.621. The number of pyridine rings is 1. The lowest BCUT2D eigenvalue weighted by atomic mass is 10.2. The zero-order valence-corrected chi connectivity index (χ0v) is 15.3. The van der Waals surface area contributed by atoms with E-state index in [4.69, 9.17) is 14.2 Å². The Morgan fingerprint density at radius 2 is 1.78 bits per heavy atom. The Balaban J connectivity index is 1.76. The van der Waals surface area contributed by atoms with E-state index in [1.165, 1.54) is 6.20 Å². The average molecular weight is 368 g/mol. The summed E-state index contributed by atoms with van der Waals surface area (Å²) < 4.78 is 16.0. The highest BCUT2D eigenvalue weighted by atomic mass is 16.5. The zero-order chi connectivity index (χ0) is 19.1. The standard InChI is InChI=1S/C18H20N6O3/c1-25-14-8-13(9-15(26-2)17(14)27-3)22-16-11-21-24-18(23-16)20-10-12-6-4-5-7-19-12/h4-9,11H,10H2,1-3H3,(H2,20,22,23,24). The second-order valence-electron chi connectivity index (χ2n) is 5.38. The fraction of sp³-hybridized carbons (Fsp3) is 0.222. The fourth-order valence-corrected chi connectivity index (χ4v) is 2.41. The lowest BCUT2D eigenvalue weighted by molar-refractivity contribution is 0.324. The van der Waals surface area contributed by atoms with Gasteiger partial charge in [0.1, 0.15) is 0 Å². The topological polar surface area (TPSA) is 103 Å². The molecule has 2 heterocycles. The van der Waals surface area contributed by atoms with E-state index < -0.39 is 0 Å². The summed E-state index contributed by atoms with van der Waals surface area (Å²) in [4.78, 5) is 8.64. The molecule has 27 heavy (non-hydrogen) atoms. The van der Waals surface area contributed by atoms with Gasteiger partial charge in [-0.3, -0.25) is 4.98 Å². The number of rotatable bonds is 8. The van der Waals surface area contributed by atoms with Crippen molar-refractivity contribution >= 4 is 17.5 Å². The van der Waals surface area contributed by atoms with Crippen molar-refractivity contribution in [3.63, 3.8) is 0 Å². The van der Waals surface area contributed by atoms with Crippen molar-refractivity contribution in [3.8, 4) is 17.2 Å². The number of nitrogens with one attached hydrogen (secondary N) is 2. The van der Waals surface area contributed by atoms with Gasteiger partial charge in [-0.2, -0.15) is 10.1 Å². The lowest BCUT2D eigenvalue weighted by Crippen LogP contribution is -2.07. The van der Waals surface area contributed by atoms with Gasteiger partial charge in [-0.15, -0.1) is 5.10 Å². The number of ether oxygens (including phenoxy) is 3. The zero-order valence-electron chi connectivity index (χ0n) is 15.3. The molecule has 9 heteroatoms. The molecule has 0 aliphatic rings. The largest absolute Gasteiger partial charge is 0.493 e. The van der Waals surface area contributed by atoms with E-state index in [1.807, 2.05) is 18.2 Å². The van der Waals surface area contributed by atoms with Crippen LogP contribution in [0.3, 0.4) is 0 Å². The van der Waals surface area contributed by atoms with Crippen LogP contribution < -0.4 is 24.8 Å². The Morgan fingerprint density at radius 1 is 1.00 bits per heavy atom. The monoisotopic (exact) mass is 368 g/mol. The van der Waals surface area contributed by atoms with Gasteiger partial charge < -0.3 is 24.8 Å². The van der Waals surface area contributed by atoms with Crippen LogP contribution in [0.15, 0.2) is 42.7 Å². The van der Waals surface area contributed by atoms with Crippen LogP contribution in [0.4, 0.5) is 17.5 Å². The second-order valence-corrected chi connectivity index (χ2v) is 5.38. The molecule has 3 rings (SSSR count). The van der Waals surface area contributed by atoms with E-state index in [-0.39, 0.29) is 0 Å². The molecular weight excluding hydrogens is 348 g/mol. The molecule has 140 valence electrons. The predicted molar refractivity (Wildman–Crippen MR) is 101 cm³/mol. The van der Waals surface area contributed by atoms with E-state index in [0.717, 1.165) is 5.69 Å². The van der Waals surface area contributed by atoms with E-state index in [2.05, 4.69) is 30.8 Å². The van der Waals surface area contributed by atoms with Gasteiger partial charge in [0.25, 0.3) is 0 Å². The maximum atomic E-state index is 5.36. The third-order valence-corrected chi connectivity index (χ3v) is 3.65. The minimum Gasteiger partial charge on any atom is -0.493 e. The molecule has 3 aromatic rings. The molecule has 0 atom stereocenters. The molecule has 2 aromatic heterocycles. The van der Waals surface area contributed by atoms with Crippen molar-refractivity contribution < 1.29 is 14.2 Å². The Morgan fingerprint density at radius 3 is 2.41 bits per heavy atom. The molecule has 0 spiro atoms.